The Balaban J connectivity index is 1.17. The smallest absolute Gasteiger partial charge is 0.326 e. The first-order chi connectivity index (χ1) is 17.1. The Morgan fingerprint density at radius 3 is 2.09 bits per heavy atom. The molecule has 1 aliphatic rings. The minimum atomic E-state index is -0.374. The molecule has 3 aromatic carbocycles. The molecule has 0 amide bonds. The van der Waals surface area contributed by atoms with E-state index in [1.54, 1.807) is 28.8 Å². The van der Waals surface area contributed by atoms with Crippen LogP contribution in [0.3, 0.4) is 0 Å². The van der Waals surface area contributed by atoms with Gasteiger partial charge in [0.05, 0.1) is 17.1 Å². The van der Waals surface area contributed by atoms with Crippen LogP contribution >= 0.6 is 0 Å². The zero-order valence-electron chi connectivity index (χ0n) is 19.5. The zero-order valence-corrected chi connectivity index (χ0v) is 19.5. The van der Waals surface area contributed by atoms with Crippen molar-refractivity contribution in [1.29, 1.82) is 0 Å². The van der Waals surface area contributed by atoms with E-state index < -0.39 is 0 Å². The molecule has 0 spiro atoms. The van der Waals surface area contributed by atoms with Gasteiger partial charge in [0, 0.05) is 19.6 Å². The third kappa shape index (κ3) is 5.52. The van der Waals surface area contributed by atoms with E-state index in [1.165, 1.54) is 24.3 Å². The largest absolute Gasteiger partial charge is 0.365 e. The molecule has 5 nitrogen and oxygen atoms in total. The number of ether oxygens (including phenoxy) is 1. The number of hydrogen-bond donors (Lipinski definition) is 1. The van der Waals surface area contributed by atoms with Gasteiger partial charge in [0.25, 0.3) is 0 Å². The summed E-state index contributed by atoms with van der Waals surface area (Å²) in [6.07, 6.45) is 2.34. The highest BCUT2D eigenvalue weighted by atomic mass is 19.1. The van der Waals surface area contributed by atoms with Crippen LogP contribution in [0.2, 0.25) is 0 Å². The van der Waals surface area contributed by atoms with E-state index in [0.717, 1.165) is 61.1 Å². The lowest BCUT2D eigenvalue weighted by Gasteiger charge is -2.34. The summed E-state index contributed by atoms with van der Waals surface area (Å²) in [6.45, 7) is 3.41. The number of H-pyrrole nitrogens is 1. The number of likely N-dealkylation sites (tertiary alicyclic amines) is 1. The van der Waals surface area contributed by atoms with Gasteiger partial charge in [-0.2, -0.15) is 0 Å². The SMILES string of the molecule is O=c1[nH]c2ccccc2n1CCCN1CCC(OC(c2ccc(F)cc2)c2ccc(F)cc2)CC1. The van der Waals surface area contributed by atoms with Gasteiger partial charge in [-0.15, -0.1) is 0 Å². The minimum Gasteiger partial charge on any atom is -0.365 e. The molecule has 0 aliphatic carbocycles. The van der Waals surface area contributed by atoms with Gasteiger partial charge in [-0.05, 0) is 73.3 Å². The first-order valence-corrected chi connectivity index (χ1v) is 12.1. The number of aromatic amines is 1. The Morgan fingerprint density at radius 1 is 0.857 bits per heavy atom. The number of halogens is 2. The molecule has 0 bridgehead atoms. The summed E-state index contributed by atoms with van der Waals surface area (Å²) >= 11 is 0. The van der Waals surface area contributed by atoms with Crippen LogP contribution in [0, 0.1) is 11.6 Å². The quantitative estimate of drug-likeness (QED) is 0.376. The third-order valence-corrected chi connectivity index (χ3v) is 6.75. The second kappa shape index (κ2) is 10.5. The van der Waals surface area contributed by atoms with Crippen LogP contribution in [0.5, 0.6) is 0 Å². The van der Waals surface area contributed by atoms with Gasteiger partial charge >= 0.3 is 5.69 Å². The van der Waals surface area contributed by atoms with Gasteiger partial charge in [-0.25, -0.2) is 13.6 Å². The van der Waals surface area contributed by atoms with Crippen LogP contribution in [-0.4, -0.2) is 40.2 Å². The summed E-state index contributed by atoms with van der Waals surface area (Å²) in [5, 5.41) is 0. The number of piperidine rings is 1. The summed E-state index contributed by atoms with van der Waals surface area (Å²) < 4.78 is 35.3. The predicted octanol–water partition coefficient (Wildman–Crippen LogP) is 5.27. The second-order valence-electron chi connectivity index (χ2n) is 9.11. The maximum Gasteiger partial charge on any atom is 0.326 e. The molecule has 1 aromatic heterocycles. The first kappa shape index (κ1) is 23.5. The number of nitrogens with one attached hydrogen (secondary N) is 1. The van der Waals surface area contributed by atoms with Crippen molar-refractivity contribution < 1.29 is 13.5 Å². The highest BCUT2D eigenvalue weighted by Crippen LogP contribution is 2.30. The molecule has 4 aromatic rings. The van der Waals surface area contributed by atoms with Crippen LogP contribution < -0.4 is 5.69 Å². The number of imidazole rings is 1. The van der Waals surface area contributed by atoms with Crippen LogP contribution in [0.25, 0.3) is 11.0 Å². The van der Waals surface area contributed by atoms with Crippen molar-refractivity contribution in [2.24, 2.45) is 0 Å². The molecule has 0 unspecified atom stereocenters. The van der Waals surface area contributed by atoms with E-state index in [9.17, 15) is 13.6 Å². The fourth-order valence-electron chi connectivity index (χ4n) is 4.87. The molecule has 1 aliphatic heterocycles. The van der Waals surface area contributed by atoms with Crippen LogP contribution in [-0.2, 0) is 11.3 Å². The van der Waals surface area contributed by atoms with Gasteiger partial charge in [-0.1, -0.05) is 36.4 Å². The summed E-state index contributed by atoms with van der Waals surface area (Å²) in [7, 11) is 0. The van der Waals surface area contributed by atoms with Gasteiger partial charge in [0.15, 0.2) is 0 Å². The lowest BCUT2D eigenvalue weighted by molar-refractivity contribution is -0.0271. The van der Waals surface area contributed by atoms with Crippen molar-refractivity contribution >= 4 is 11.0 Å². The lowest BCUT2D eigenvalue weighted by atomic mass is 10.00. The normalized spacial score (nSPS) is 15.3. The standard InChI is InChI=1S/C28H29F2N3O2/c29-22-10-6-20(7-11-22)27(21-8-12-23(30)13-9-21)35-24-14-18-32(19-15-24)16-3-17-33-26-5-2-1-4-25(26)31-28(33)34/h1-2,4-13,24,27H,3,14-19H2,(H,31,34). The molecular formula is C28H29F2N3O2. The number of aromatic nitrogens is 2. The monoisotopic (exact) mass is 477 g/mol. The molecule has 0 atom stereocenters. The summed E-state index contributed by atoms with van der Waals surface area (Å²) in [6, 6.07) is 20.4. The maximum absolute atomic E-state index is 13.5. The maximum atomic E-state index is 13.5. The number of benzene rings is 3. The Bertz CT molecular complexity index is 1260. The predicted molar refractivity (Wildman–Crippen MR) is 132 cm³/mol. The molecule has 182 valence electrons. The second-order valence-corrected chi connectivity index (χ2v) is 9.11. The van der Waals surface area contributed by atoms with Gasteiger partial charge < -0.3 is 14.6 Å². The average Bonchev–Trinajstić information content (AvgIpc) is 3.20. The van der Waals surface area contributed by atoms with Crippen molar-refractivity contribution in [3.63, 3.8) is 0 Å². The van der Waals surface area contributed by atoms with Crippen LogP contribution in [0.4, 0.5) is 8.78 Å². The molecule has 0 saturated carbocycles. The van der Waals surface area contributed by atoms with E-state index in [1.807, 2.05) is 24.3 Å². The third-order valence-electron chi connectivity index (χ3n) is 6.75. The minimum absolute atomic E-state index is 0.0580. The molecule has 0 radical (unpaired) electrons. The van der Waals surface area contributed by atoms with Crippen molar-refractivity contribution in [3.8, 4) is 0 Å². The number of nitrogens with zero attached hydrogens (tertiary/aromatic N) is 2. The van der Waals surface area contributed by atoms with Crippen molar-refractivity contribution in [2.45, 2.75) is 38.0 Å². The van der Waals surface area contributed by atoms with Gasteiger partial charge in [0.1, 0.15) is 17.7 Å². The fourth-order valence-corrected chi connectivity index (χ4v) is 4.87. The Labute approximate surface area is 203 Å². The van der Waals surface area contributed by atoms with E-state index >= 15 is 0 Å². The van der Waals surface area contributed by atoms with Crippen LogP contribution in [0.1, 0.15) is 36.5 Å². The molecule has 5 rings (SSSR count). The molecule has 1 saturated heterocycles. The Kier molecular flexibility index (Phi) is 7.06. The summed E-state index contributed by atoms with van der Waals surface area (Å²) in [4.78, 5) is 17.6. The van der Waals surface area contributed by atoms with E-state index in [2.05, 4.69) is 9.88 Å². The fraction of sp³-hybridized carbons (Fsp3) is 0.321. The summed E-state index contributed by atoms with van der Waals surface area (Å²) in [5.41, 5.74) is 3.45. The number of aryl methyl sites for hydroxylation is 1. The summed E-state index contributed by atoms with van der Waals surface area (Å²) in [5.74, 6) is -0.593. The number of para-hydroxylation sites is 2. The van der Waals surface area contributed by atoms with Crippen molar-refractivity contribution in [2.75, 3.05) is 19.6 Å². The lowest BCUT2D eigenvalue weighted by Crippen LogP contribution is -2.38. The van der Waals surface area contributed by atoms with Crippen molar-refractivity contribution in [3.05, 3.63) is 106 Å². The zero-order chi connectivity index (χ0) is 24.2. The molecule has 35 heavy (non-hydrogen) atoms. The Morgan fingerprint density at radius 2 is 1.46 bits per heavy atom. The number of hydrogen-bond acceptors (Lipinski definition) is 3. The molecule has 7 heteroatoms. The van der Waals surface area contributed by atoms with Gasteiger partial charge in [-0.3, -0.25) is 4.57 Å². The highest BCUT2D eigenvalue weighted by Gasteiger charge is 2.25. The highest BCUT2D eigenvalue weighted by molar-refractivity contribution is 5.74. The van der Waals surface area contributed by atoms with Gasteiger partial charge in [0.2, 0.25) is 0 Å². The average molecular weight is 478 g/mol. The topological polar surface area (TPSA) is 50.3 Å². The molecule has 1 fully saturated rings. The van der Waals surface area contributed by atoms with E-state index in [0.29, 0.717) is 6.54 Å². The molecule has 2 heterocycles. The van der Waals surface area contributed by atoms with Crippen molar-refractivity contribution in [1.82, 2.24) is 14.5 Å². The Hall–Kier alpha value is -3.29. The van der Waals surface area contributed by atoms with Crippen LogP contribution in [0.15, 0.2) is 77.6 Å². The number of fused-ring (bicyclic) bond motifs is 1. The van der Waals surface area contributed by atoms with E-state index in [4.69, 9.17) is 4.74 Å². The molecule has 1 N–H and O–H groups in total. The first-order valence-electron chi connectivity index (χ1n) is 12.1. The van der Waals surface area contributed by atoms with E-state index in [-0.39, 0.29) is 29.5 Å². The molecular weight excluding hydrogens is 448 g/mol. The number of rotatable bonds is 8.